The van der Waals surface area contributed by atoms with Crippen molar-refractivity contribution in [3.05, 3.63) is 0 Å². The number of ether oxygens (including phenoxy) is 4. The highest BCUT2D eigenvalue weighted by molar-refractivity contribution is 7.47. The summed E-state index contributed by atoms with van der Waals surface area (Å²) in [5.41, 5.74) is 0. The maximum atomic E-state index is 13.1. The van der Waals surface area contributed by atoms with E-state index in [1.165, 1.54) is 225 Å². The summed E-state index contributed by atoms with van der Waals surface area (Å²) in [6.45, 7) is 9.58. The number of aliphatic hydroxyl groups excluding tert-OH is 1. The molecule has 0 aliphatic rings. The smallest absolute Gasteiger partial charge is 0.462 e. The van der Waals surface area contributed by atoms with Crippen molar-refractivity contribution in [2.45, 2.75) is 432 Å². The number of rotatable bonds is 78. The van der Waals surface area contributed by atoms with Gasteiger partial charge in [0.05, 0.1) is 26.4 Å². The third-order valence-electron chi connectivity index (χ3n) is 18.5. The summed E-state index contributed by atoms with van der Waals surface area (Å²) in [6, 6.07) is 0. The average molecular weight is 1440 g/mol. The third-order valence-corrected chi connectivity index (χ3v) is 20.4. The van der Waals surface area contributed by atoms with Gasteiger partial charge in [-0.2, -0.15) is 0 Å². The second-order valence-corrected chi connectivity index (χ2v) is 32.3. The molecule has 0 aromatic heterocycles. The minimum absolute atomic E-state index is 0.107. The molecular formula is C79H154O17P2. The Bertz CT molecular complexity index is 1890. The first kappa shape index (κ1) is 96.1. The van der Waals surface area contributed by atoms with Crippen molar-refractivity contribution in [1.29, 1.82) is 0 Å². The van der Waals surface area contributed by atoms with Gasteiger partial charge in [0.15, 0.2) is 12.2 Å². The largest absolute Gasteiger partial charge is 0.472 e. The zero-order chi connectivity index (χ0) is 72.1. The molecule has 0 aromatic rings. The molecule has 98 heavy (non-hydrogen) atoms. The Morgan fingerprint density at radius 2 is 0.469 bits per heavy atom. The molecular weight excluding hydrogens is 1280 g/mol. The maximum absolute atomic E-state index is 13.1. The Balaban J connectivity index is 5.12. The Morgan fingerprint density at radius 3 is 0.694 bits per heavy atom. The molecule has 0 aromatic carbocycles. The summed E-state index contributed by atoms with van der Waals surface area (Å²) in [4.78, 5) is 72.7. The fraction of sp³-hybridized carbons (Fsp3) is 0.949. The van der Waals surface area contributed by atoms with E-state index in [9.17, 15) is 43.2 Å². The highest BCUT2D eigenvalue weighted by Crippen LogP contribution is 2.45. The lowest BCUT2D eigenvalue weighted by atomic mass is 10.0. The summed E-state index contributed by atoms with van der Waals surface area (Å²) in [6.07, 6.45) is 60.1. The zero-order valence-electron chi connectivity index (χ0n) is 64.1. The first-order valence-corrected chi connectivity index (χ1v) is 44.0. The van der Waals surface area contributed by atoms with Crippen LogP contribution in [0.2, 0.25) is 0 Å². The van der Waals surface area contributed by atoms with E-state index >= 15 is 0 Å². The van der Waals surface area contributed by atoms with Crippen molar-refractivity contribution >= 4 is 39.5 Å². The molecule has 0 fully saturated rings. The number of hydrogen-bond acceptors (Lipinski definition) is 15. The summed E-state index contributed by atoms with van der Waals surface area (Å²) in [5, 5.41) is 10.6. The zero-order valence-corrected chi connectivity index (χ0v) is 65.9. The normalized spacial score (nSPS) is 13.9. The second-order valence-electron chi connectivity index (χ2n) is 29.4. The predicted octanol–water partition coefficient (Wildman–Crippen LogP) is 23.5. The molecule has 0 heterocycles. The topological polar surface area (TPSA) is 237 Å². The Labute approximate surface area is 600 Å². The molecule has 0 bridgehead atoms. The predicted molar refractivity (Wildman–Crippen MR) is 400 cm³/mol. The van der Waals surface area contributed by atoms with Gasteiger partial charge in [-0.05, 0) is 37.5 Å². The van der Waals surface area contributed by atoms with Gasteiger partial charge in [0, 0.05) is 25.7 Å². The number of hydrogen-bond donors (Lipinski definition) is 3. The lowest BCUT2D eigenvalue weighted by molar-refractivity contribution is -0.161. The van der Waals surface area contributed by atoms with Gasteiger partial charge in [0.2, 0.25) is 0 Å². The SMILES string of the molecule is CCCCCCCCCCCCCCCCCCCCCC(=O)O[C@H](COC(=O)CCCCCCCCCCCCCCCCC(C)C)COP(=O)(O)OC[C@@H](O)COP(=O)(O)OC[C@@H](COC(=O)CCCCCCC)OC(=O)CCCCCCCCCCCCCCCCC(C)C. The van der Waals surface area contributed by atoms with Crippen LogP contribution in [0.3, 0.4) is 0 Å². The molecule has 0 saturated carbocycles. The van der Waals surface area contributed by atoms with Gasteiger partial charge in [0.25, 0.3) is 0 Å². The number of phosphoric acid groups is 2. The van der Waals surface area contributed by atoms with Crippen LogP contribution in [0.5, 0.6) is 0 Å². The van der Waals surface area contributed by atoms with Crippen molar-refractivity contribution in [2.75, 3.05) is 39.6 Å². The second kappa shape index (κ2) is 70.7. The van der Waals surface area contributed by atoms with Gasteiger partial charge in [-0.3, -0.25) is 37.3 Å². The van der Waals surface area contributed by atoms with Crippen LogP contribution in [0.15, 0.2) is 0 Å². The molecule has 0 aliphatic carbocycles. The minimum Gasteiger partial charge on any atom is -0.462 e. The number of unbranched alkanes of at least 4 members (excludes halogenated alkanes) is 48. The van der Waals surface area contributed by atoms with Gasteiger partial charge in [-0.25, -0.2) is 9.13 Å². The van der Waals surface area contributed by atoms with Crippen LogP contribution in [0.4, 0.5) is 0 Å². The van der Waals surface area contributed by atoms with Crippen molar-refractivity contribution in [2.24, 2.45) is 11.8 Å². The van der Waals surface area contributed by atoms with Crippen LogP contribution in [-0.2, 0) is 65.4 Å². The fourth-order valence-electron chi connectivity index (χ4n) is 12.2. The van der Waals surface area contributed by atoms with Gasteiger partial charge >= 0.3 is 39.5 Å². The first-order chi connectivity index (χ1) is 47.4. The Hall–Kier alpha value is -1.94. The molecule has 582 valence electrons. The van der Waals surface area contributed by atoms with Crippen molar-refractivity contribution in [3.8, 4) is 0 Å². The number of carbonyl (C=O) groups excluding carboxylic acids is 4. The van der Waals surface area contributed by atoms with E-state index in [1.54, 1.807) is 0 Å². The van der Waals surface area contributed by atoms with E-state index in [4.69, 9.17) is 37.0 Å². The number of phosphoric ester groups is 2. The molecule has 2 unspecified atom stereocenters. The van der Waals surface area contributed by atoms with Gasteiger partial charge in [-0.15, -0.1) is 0 Å². The fourth-order valence-corrected chi connectivity index (χ4v) is 13.8. The minimum atomic E-state index is -4.96. The molecule has 0 aliphatic heterocycles. The first-order valence-electron chi connectivity index (χ1n) is 41.0. The lowest BCUT2D eigenvalue weighted by Crippen LogP contribution is -2.30. The van der Waals surface area contributed by atoms with Crippen molar-refractivity contribution < 1.29 is 80.2 Å². The molecule has 0 amide bonds. The van der Waals surface area contributed by atoms with E-state index in [0.29, 0.717) is 25.7 Å². The van der Waals surface area contributed by atoms with Crippen LogP contribution in [0.1, 0.15) is 414 Å². The molecule has 0 radical (unpaired) electrons. The van der Waals surface area contributed by atoms with E-state index in [1.807, 2.05) is 0 Å². The summed E-state index contributed by atoms with van der Waals surface area (Å²) >= 11 is 0. The summed E-state index contributed by atoms with van der Waals surface area (Å²) < 4.78 is 68.4. The standard InChI is InChI=1S/C79H154O17P2/c1-7-9-11-13-14-15-16-17-18-19-20-21-22-30-35-40-45-51-58-64-79(84)96-75(68-90-77(82)62-56-50-44-39-34-29-25-23-27-32-37-42-48-53-59-71(3)4)70-94-98(87,88)92-66-73(80)65-91-97(85,86)93-69-74(67-89-76(81)61-55-47-12-10-8-2)95-78(83)63-57-52-46-41-36-31-26-24-28-33-38-43-49-54-60-72(5)6/h71-75,80H,7-70H2,1-6H3,(H,85,86)(H,87,88)/t73-,74+,75+/m0/s1. The monoisotopic (exact) mass is 1440 g/mol. The third kappa shape index (κ3) is 72.4. The number of aliphatic hydroxyl groups is 1. The quantitative estimate of drug-likeness (QED) is 0.0222. The van der Waals surface area contributed by atoms with Crippen molar-refractivity contribution in [3.63, 3.8) is 0 Å². The van der Waals surface area contributed by atoms with Gasteiger partial charge in [0.1, 0.15) is 19.3 Å². The van der Waals surface area contributed by atoms with Gasteiger partial charge in [-0.1, -0.05) is 363 Å². The molecule has 19 heteroatoms. The number of esters is 4. The molecule has 0 saturated heterocycles. The van der Waals surface area contributed by atoms with E-state index in [2.05, 4.69) is 41.5 Å². The van der Waals surface area contributed by atoms with Crippen LogP contribution < -0.4 is 0 Å². The lowest BCUT2D eigenvalue weighted by Gasteiger charge is -2.21. The van der Waals surface area contributed by atoms with Crippen LogP contribution in [0.25, 0.3) is 0 Å². The average Bonchev–Trinajstić information content (AvgIpc) is 0.999. The molecule has 17 nitrogen and oxygen atoms in total. The highest BCUT2D eigenvalue weighted by Gasteiger charge is 2.30. The number of carbonyl (C=O) groups is 4. The Morgan fingerprint density at radius 1 is 0.276 bits per heavy atom. The van der Waals surface area contributed by atoms with E-state index in [0.717, 1.165) is 108 Å². The van der Waals surface area contributed by atoms with Crippen molar-refractivity contribution in [1.82, 2.24) is 0 Å². The molecule has 3 N–H and O–H groups in total. The molecule has 5 atom stereocenters. The highest BCUT2D eigenvalue weighted by atomic mass is 31.2. The van der Waals surface area contributed by atoms with E-state index in [-0.39, 0.29) is 25.7 Å². The van der Waals surface area contributed by atoms with Crippen LogP contribution in [-0.4, -0.2) is 96.7 Å². The summed E-state index contributed by atoms with van der Waals surface area (Å²) in [7, 11) is -9.91. The maximum Gasteiger partial charge on any atom is 0.472 e. The van der Waals surface area contributed by atoms with E-state index < -0.39 is 97.5 Å². The van der Waals surface area contributed by atoms with Crippen LogP contribution >= 0.6 is 15.6 Å². The molecule has 0 spiro atoms. The van der Waals surface area contributed by atoms with Gasteiger partial charge < -0.3 is 33.8 Å². The summed E-state index contributed by atoms with van der Waals surface area (Å²) in [5.74, 6) is -0.527. The van der Waals surface area contributed by atoms with Crippen LogP contribution in [0, 0.1) is 11.8 Å². The Kier molecular flexibility index (Phi) is 69.3. The molecule has 0 rings (SSSR count).